The SMILES string of the molecule is CSc1nc(-c2ccc(Cl)cc2NC(C)=O)cc(=O)n1CC(=O)CC(C)(C)C. The highest BCUT2D eigenvalue weighted by Gasteiger charge is 2.19. The van der Waals surface area contributed by atoms with Crippen LogP contribution in [0.4, 0.5) is 5.69 Å². The van der Waals surface area contributed by atoms with Gasteiger partial charge in [0.1, 0.15) is 0 Å². The van der Waals surface area contributed by atoms with Crippen LogP contribution in [-0.4, -0.2) is 27.5 Å². The molecule has 0 radical (unpaired) electrons. The molecule has 1 heterocycles. The molecule has 0 saturated heterocycles. The first kappa shape index (κ1) is 22.2. The second-order valence-electron chi connectivity index (χ2n) is 7.70. The van der Waals surface area contributed by atoms with Gasteiger partial charge in [-0.25, -0.2) is 4.98 Å². The molecule has 150 valence electrons. The highest BCUT2D eigenvalue weighted by molar-refractivity contribution is 7.98. The molecule has 1 amide bonds. The maximum Gasteiger partial charge on any atom is 0.255 e. The van der Waals surface area contributed by atoms with Gasteiger partial charge in [-0.15, -0.1) is 0 Å². The number of benzene rings is 1. The third-order valence-corrected chi connectivity index (χ3v) is 4.70. The molecule has 28 heavy (non-hydrogen) atoms. The van der Waals surface area contributed by atoms with Crippen LogP contribution in [0.3, 0.4) is 0 Å². The lowest BCUT2D eigenvalue weighted by Crippen LogP contribution is -2.28. The number of hydrogen-bond acceptors (Lipinski definition) is 5. The van der Waals surface area contributed by atoms with Gasteiger partial charge in [0.25, 0.3) is 5.56 Å². The summed E-state index contributed by atoms with van der Waals surface area (Å²) in [5.41, 5.74) is 1.000. The largest absolute Gasteiger partial charge is 0.326 e. The summed E-state index contributed by atoms with van der Waals surface area (Å²) in [4.78, 5) is 41.2. The third-order valence-electron chi connectivity index (χ3n) is 3.79. The zero-order valence-electron chi connectivity index (χ0n) is 16.6. The van der Waals surface area contributed by atoms with E-state index in [-0.39, 0.29) is 29.2 Å². The Balaban J connectivity index is 2.48. The monoisotopic (exact) mass is 421 g/mol. The number of anilines is 1. The lowest BCUT2D eigenvalue weighted by Gasteiger charge is -2.18. The fourth-order valence-electron chi connectivity index (χ4n) is 2.78. The molecule has 2 rings (SSSR count). The minimum Gasteiger partial charge on any atom is -0.326 e. The van der Waals surface area contributed by atoms with Crippen molar-refractivity contribution >= 4 is 40.7 Å². The quantitative estimate of drug-likeness (QED) is 0.557. The van der Waals surface area contributed by atoms with Crippen molar-refractivity contribution in [3.05, 3.63) is 39.6 Å². The number of thioether (sulfide) groups is 1. The first-order chi connectivity index (χ1) is 13.0. The van der Waals surface area contributed by atoms with Gasteiger partial charge in [-0.1, -0.05) is 44.1 Å². The fraction of sp³-hybridized carbons (Fsp3) is 0.400. The zero-order chi connectivity index (χ0) is 21.1. The van der Waals surface area contributed by atoms with Gasteiger partial charge in [-0.2, -0.15) is 0 Å². The summed E-state index contributed by atoms with van der Waals surface area (Å²) < 4.78 is 1.39. The van der Waals surface area contributed by atoms with Crippen LogP contribution < -0.4 is 10.9 Å². The van der Waals surface area contributed by atoms with E-state index in [9.17, 15) is 14.4 Å². The van der Waals surface area contributed by atoms with Crippen LogP contribution in [0.1, 0.15) is 34.1 Å². The van der Waals surface area contributed by atoms with Crippen molar-refractivity contribution in [1.82, 2.24) is 9.55 Å². The second kappa shape index (κ2) is 8.92. The summed E-state index contributed by atoms with van der Waals surface area (Å²) >= 11 is 7.32. The summed E-state index contributed by atoms with van der Waals surface area (Å²) in [5, 5.41) is 3.60. The normalized spacial score (nSPS) is 11.4. The third kappa shape index (κ3) is 5.94. The van der Waals surface area contributed by atoms with Crippen LogP contribution in [0.5, 0.6) is 0 Å². The smallest absolute Gasteiger partial charge is 0.255 e. The van der Waals surface area contributed by atoms with E-state index in [1.165, 1.54) is 29.3 Å². The molecule has 8 heteroatoms. The Bertz CT molecular complexity index is 964. The van der Waals surface area contributed by atoms with Crippen molar-refractivity contribution in [1.29, 1.82) is 0 Å². The van der Waals surface area contributed by atoms with Crippen LogP contribution in [0.2, 0.25) is 5.02 Å². The molecule has 0 unspecified atom stereocenters. The van der Waals surface area contributed by atoms with Gasteiger partial charge in [-0.3, -0.25) is 19.0 Å². The summed E-state index contributed by atoms with van der Waals surface area (Å²) in [6, 6.07) is 6.35. The zero-order valence-corrected chi connectivity index (χ0v) is 18.2. The Hall–Kier alpha value is -2.12. The minimum absolute atomic E-state index is 0.0152. The van der Waals surface area contributed by atoms with Gasteiger partial charge >= 0.3 is 0 Å². The Morgan fingerprint density at radius 1 is 1.25 bits per heavy atom. The van der Waals surface area contributed by atoms with Crippen molar-refractivity contribution in [3.63, 3.8) is 0 Å². The van der Waals surface area contributed by atoms with E-state index in [1.54, 1.807) is 24.5 Å². The first-order valence-electron chi connectivity index (χ1n) is 8.75. The van der Waals surface area contributed by atoms with E-state index < -0.39 is 0 Å². The molecule has 0 atom stereocenters. The Kier molecular flexibility index (Phi) is 7.06. The average molecular weight is 422 g/mol. The van der Waals surface area contributed by atoms with Crippen LogP contribution in [-0.2, 0) is 16.1 Å². The summed E-state index contributed by atoms with van der Waals surface area (Å²) in [6.07, 6.45) is 2.17. The molecule has 0 bridgehead atoms. The van der Waals surface area contributed by atoms with Gasteiger partial charge in [0.05, 0.1) is 17.9 Å². The molecule has 1 N–H and O–H groups in total. The highest BCUT2D eigenvalue weighted by atomic mass is 35.5. The predicted octanol–water partition coefficient (Wildman–Crippen LogP) is 4.25. The predicted molar refractivity (Wildman–Crippen MR) is 114 cm³/mol. The lowest BCUT2D eigenvalue weighted by molar-refractivity contribution is -0.121. The number of ketones is 1. The fourth-order valence-corrected chi connectivity index (χ4v) is 3.52. The van der Waals surface area contributed by atoms with E-state index >= 15 is 0 Å². The van der Waals surface area contributed by atoms with Gasteiger partial charge in [0.2, 0.25) is 5.91 Å². The first-order valence-corrected chi connectivity index (χ1v) is 10.4. The van der Waals surface area contributed by atoms with Crippen LogP contribution >= 0.6 is 23.4 Å². The van der Waals surface area contributed by atoms with Crippen LogP contribution in [0, 0.1) is 5.41 Å². The molecule has 0 aliphatic carbocycles. The van der Waals surface area contributed by atoms with Crippen molar-refractivity contribution in [2.45, 2.75) is 45.8 Å². The van der Waals surface area contributed by atoms with Gasteiger partial charge in [0, 0.05) is 30.0 Å². The number of nitrogens with one attached hydrogen (secondary N) is 1. The van der Waals surface area contributed by atoms with Crippen LogP contribution in [0.25, 0.3) is 11.3 Å². The molecule has 0 aliphatic rings. The topological polar surface area (TPSA) is 81.1 Å². The molecule has 2 aromatic rings. The molecule has 0 fully saturated rings. The molecular formula is C20H24ClN3O3S. The van der Waals surface area contributed by atoms with Gasteiger partial charge in [0.15, 0.2) is 10.9 Å². The van der Waals surface area contributed by atoms with E-state index in [1.807, 2.05) is 20.8 Å². The summed E-state index contributed by atoms with van der Waals surface area (Å²) in [6.45, 7) is 7.32. The summed E-state index contributed by atoms with van der Waals surface area (Å²) in [5.74, 6) is -0.278. The van der Waals surface area contributed by atoms with Crippen LogP contribution in [0.15, 0.2) is 34.2 Å². The standard InChI is InChI=1S/C20H24ClN3O3S/c1-12(25)22-16-8-13(21)6-7-15(16)17-9-18(27)24(19(23-17)28-5)11-14(26)10-20(2,3)4/h6-9H,10-11H2,1-5H3,(H,22,25). The number of rotatable bonds is 6. The number of halogens is 1. The second-order valence-corrected chi connectivity index (χ2v) is 8.91. The number of amides is 1. The Morgan fingerprint density at radius 3 is 2.50 bits per heavy atom. The number of carbonyl (C=O) groups excluding carboxylic acids is 2. The number of nitrogens with zero attached hydrogens (tertiary/aromatic N) is 2. The Labute approximate surface area is 173 Å². The molecule has 6 nitrogen and oxygen atoms in total. The molecule has 0 spiro atoms. The van der Waals surface area contributed by atoms with Crippen molar-refractivity contribution in [3.8, 4) is 11.3 Å². The van der Waals surface area contributed by atoms with Crippen molar-refractivity contribution in [2.24, 2.45) is 5.41 Å². The van der Waals surface area contributed by atoms with E-state index in [0.717, 1.165) is 0 Å². The average Bonchev–Trinajstić information content (AvgIpc) is 2.54. The maximum absolute atomic E-state index is 12.7. The number of Topliss-reactive ketones (excluding diaryl/α,β-unsaturated/α-hetero) is 1. The molecular weight excluding hydrogens is 398 g/mol. The maximum atomic E-state index is 12.7. The van der Waals surface area contributed by atoms with E-state index in [0.29, 0.717) is 33.5 Å². The van der Waals surface area contributed by atoms with E-state index in [2.05, 4.69) is 10.3 Å². The number of aromatic nitrogens is 2. The van der Waals surface area contributed by atoms with Gasteiger partial charge in [-0.05, 0) is 29.9 Å². The number of carbonyl (C=O) groups is 2. The molecule has 0 aliphatic heterocycles. The van der Waals surface area contributed by atoms with E-state index in [4.69, 9.17) is 11.6 Å². The minimum atomic E-state index is -0.319. The molecule has 1 aromatic heterocycles. The van der Waals surface area contributed by atoms with Crippen molar-refractivity contribution in [2.75, 3.05) is 11.6 Å². The van der Waals surface area contributed by atoms with Gasteiger partial charge < -0.3 is 5.32 Å². The Morgan fingerprint density at radius 2 is 1.93 bits per heavy atom. The highest BCUT2D eigenvalue weighted by Crippen LogP contribution is 2.30. The molecule has 1 aromatic carbocycles. The summed E-state index contributed by atoms with van der Waals surface area (Å²) in [7, 11) is 0. The number of hydrogen-bond donors (Lipinski definition) is 1. The molecule has 0 saturated carbocycles. The lowest BCUT2D eigenvalue weighted by atomic mass is 9.90. The van der Waals surface area contributed by atoms with Crippen molar-refractivity contribution < 1.29 is 9.59 Å².